The van der Waals surface area contributed by atoms with Gasteiger partial charge in [-0.25, -0.2) is 0 Å². The minimum Gasteiger partial charge on any atom is -0.381 e. The van der Waals surface area contributed by atoms with Crippen LogP contribution in [-0.4, -0.2) is 50.6 Å². The molecule has 0 radical (unpaired) electrons. The molecule has 0 aliphatic carbocycles. The van der Waals surface area contributed by atoms with Crippen molar-refractivity contribution in [3.8, 4) is 0 Å². The maximum Gasteiger partial charge on any atom is 0.224 e. The Bertz CT molecular complexity index is 469. The van der Waals surface area contributed by atoms with Crippen molar-refractivity contribution in [2.75, 3.05) is 44.4 Å². The molecule has 1 saturated heterocycles. The molecule has 1 fully saturated rings. The minimum absolute atomic E-state index is 0.0767. The van der Waals surface area contributed by atoms with Gasteiger partial charge in [-0.05, 0) is 65.1 Å². The van der Waals surface area contributed by atoms with Gasteiger partial charge in [0.05, 0.1) is 11.4 Å². The molecular formula is C17H28N4O. The van der Waals surface area contributed by atoms with E-state index in [0.29, 0.717) is 12.5 Å². The van der Waals surface area contributed by atoms with Crippen molar-refractivity contribution in [1.82, 2.24) is 10.2 Å². The summed E-state index contributed by atoms with van der Waals surface area (Å²) in [6, 6.07) is 8.46. The lowest BCUT2D eigenvalue weighted by Gasteiger charge is -2.30. The van der Waals surface area contributed by atoms with Gasteiger partial charge < -0.3 is 20.9 Å². The molecule has 0 aromatic heterocycles. The molecule has 1 heterocycles. The predicted octanol–water partition coefficient (Wildman–Crippen LogP) is 2.13. The maximum atomic E-state index is 12.0. The van der Waals surface area contributed by atoms with E-state index in [1.165, 1.54) is 0 Å². The summed E-state index contributed by atoms with van der Waals surface area (Å²) in [5.41, 5.74) is 1.91. The number of carbonyl (C=O) groups is 1. The summed E-state index contributed by atoms with van der Waals surface area (Å²) in [6.07, 6.45) is 3.68. The van der Waals surface area contributed by atoms with Crippen molar-refractivity contribution in [3.05, 3.63) is 24.3 Å². The molecule has 0 saturated carbocycles. The van der Waals surface area contributed by atoms with E-state index in [1.807, 2.05) is 31.3 Å². The van der Waals surface area contributed by atoms with Crippen LogP contribution in [0.5, 0.6) is 0 Å². The van der Waals surface area contributed by atoms with Crippen LogP contribution in [0.4, 0.5) is 11.4 Å². The van der Waals surface area contributed by atoms with Gasteiger partial charge in [0, 0.05) is 12.5 Å². The number of anilines is 2. The van der Waals surface area contributed by atoms with Crippen molar-refractivity contribution in [2.24, 2.45) is 0 Å². The van der Waals surface area contributed by atoms with Gasteiger partial charge in [-0.15, -0.1) is 0 Å². The number of benzene rings is 1. The number of hydrogen-bond acceptors (Lipinski definition) is 4. The number of nitrogens with one attached hydrogen (secondary N) is 3. The van der Waals surface area contributed by atoms with Gasteiger partial charge in [0.15, 0.2) is 0 Å². The topological polar surface area (TPSA) is 56.4 Å². The van der Waals surface area contributed by atoms with Gasteiger partial charge in [-0.1, -0.05) is 12.1 Å². The number of piperidine rings is 1. The molecule has 0 bridgehead atoms. The van der Waals surface area contributed by atoms with E-state index in [4.69, 9.17) is 0 Å². The number of rotatable bonds is 7. The van der Waals surface area contributed by atoms with E-state index in [9.17, 15) is 4.79 Å². The van der Waals surface area contributed by atoms with Crippen LogP contribution < -0.4 is 16.0 Å². The molecule has 0 unspecified atom stereocenters. The first-order valence-electron chi connectivity index (χ1n) is 8.17. The van der Waals surface area contributed by atoms with Crippen molar-refractivity contribution >= 4 is 17.3 Å². The van der Waals surface area contributed by atoms with Crippen LogP contribution in [0.15, 0.2) is 24.3 Å². The van der Waals surface area contributed by atoms with E-state index in [0.717, 1.165) is 50.3 Å². The average Bonchev–Trinajstić information content (AvgIpc) is 2.52. The molecule has 122 valence electrons. The van der Waals surface area contributed by atoms with Crippen LogP contribution in [0.1, 0.15) is 25.7 Å². The third kappa shape index (κ3) is 5.31. The molecule has 22 heavy (non-hydrogen) atoms. The van der Waals surface area contributed by atoms with Gasteiger partial charge in [0.1, 0.15) is 0 Å². The van der Waals surface area contributed by atoms with Crippen LogP contribution in [-0.2, 0) is 4.79 Å². The van der Waals surface area contributed by atoms with Crippen molar-refractivity contribution in [1.29, 1.82) is 0 Å². The second-order valence-electron chi connectivity index (χ2n) is 6.02. The molecule has 0 spiro atoms. The zero-order valence-electron chi connectivity index (χ0n) is 13.7. The van der Waals surface area contributed by atoms with Crippen molar-refractivity contribution in [3.63, 3.8) is 0 Å². The lowest BCUT2D eigenvalue weighted by molar-refractivity contribution is -0.116. The molecule has 1 aliphatic rings. The highest BCUT2D eigenvalue weighted by Crippen LogP contribution is 2.24. The molecule has 1 aromatic carbocycles. The monoisotopic (exact) mass is 304 g/mol. The molecule has 3 N–H and O–H groups in total. The number of carbonyl (C=O) groups excluding carboxylic acids is 1. The highest BCUT2D eigenvalue weighted by Gasteiger charge is 2.17. The Hall–Kier alpha value is -1.59. The molecule has 2 rings (SSSR count). The number of hydrogen-bond donors (Lipinski definition) is 3. The molecule has 5 heteroatoms. The fraction of sp³-hybridized carbons (Fsp3) is 0.588. The maximum absolute atomic E-state index is 12.0. The first-order valence-corrected chi connectivity index (χ1v) is 8.17. The van der Waals surface area contributed by atoms with Gasteiger partial charge >= 0.3 is 0 Å². The summed E-state index contributed by atoms with van der Waals surface area (Å²) >= 11 is 0. The fourth-order valence-electron chi connectivity index (χ4n) is 2.73. The number of para-hydroxylation sites is 2. The van der Waals surface area contributed by atoms with Gasteiger partial charge in [-0.2, -0.15) is 0 Å². The van der Waals surface area contributed by atoms with Crippen LogP contribution in [0.3, 0.4) is 0 Å². The smallest absolute Gasteiger partial charge is 0.224 e. The third-order valence-electron chi connectivity index (χ3n) is 4.11. The van der Waals surface area contributed by atoms with Gasteiger partial charge in [-0.3, -0.25) is 4.79 Å². The highest BCUT2D eigenvalue weighted by molar-refractivity contribution is 5.94. The molecule has 0 atom stereocenters. The minimum atomic E-state index is 0.0767. The Morgan fingerprint density at radius 2 is 1.91 bits per heavy atom. The zero-order chi connectivity index (χ0) is 15.8. The second kappa shape index (κ2) is 8.76. The van der Waals surface area contributed by atoms with E-state index in [1.54, 1.807) is 0 Å². The zero-order valence-corrected chi connectivity index (χ0v) is 13.7. The summed E-state index contributed by atoms with van der Waals surface area (Å²) in [5.74, 6) is 0.0767. The first-order chi connectivity index (χ1) is 10.7. The van der Waals surface area contributed by atoms with Crippen LogP contribution >= 0.6 is 0 Å². The average molecular weight is 304 g/mol. The summed E-state index contributed by atoms with van der Waals surface area (Å²) in [6.45, 7) is 3.11. The summed E-state index contributed by atoms with van der Waals surface area (Å²) < 4.78 is 0. The summed E-state index contributed by atoms with van der Waals surface area (Å²) in [4.78, 5) is 14.4. The lowest BCUT2D eigenvalue weighted by atomic mass is 10.0. The third-order valence-corrected chi connectivity index (χ3v) is 4.11. The molecule has 5 nitrogen and oxygen atoms in total. The van der Waals surface area contributed by atoms with Gasteiger partial charge in [0.25, 0.3) is 0 Å². The Kier molecular flexibility index (Phi) is 6.68. The highest BCUT2D eigenvalue weighted by atomic mass is 16.1. The first kappa shape index (κ1) is 16.8. The largest absolute Gasteiger partial charge is 0.381 e. The van der Waals surface area contributed by atoms with Gasteiger partial charge in [0.2, 0.25) is 5.91 Å². The SMILES string of the molecule is CNCCCC(=O)Nc1ccccc1NC1CCN(C)CC1. The quantitative estimate of drug-likeness (QED) is 0.676. The van der Waals surface area contributed by atoms with Crippen LogP contribution in [0.25, 0.3) is 0 Å². The molecular weight excluding hydrogens is 276 g/mol. The van der Waals surface area contributed by atoms with E-state index >= 15 is 0 Å². The number of nitrogens with zero attached hydrogens (tertiary/aromatic N) is 1. The Labute approximate surface area is 133 Å². The van der Waals surface area contributed by atoms with Crippen LogP contribution in [0.2, 0.25) is 0 Å². The van der Waals surface area contributed by atoms with Crippen molar-refractivity contribution < 1.29 is 4.79 Å². The number of likely N-dealkylation sites (tertiary alicyclic amines) is 1. The van der Waals surface area contributed by atoms with Crippen molar-refractivity contribution in [2.45, 2.75) is 31.7 Å². The Morgan fingerprint density at radius 1 is 1.23 bits per heavy atom. The molecule has 1 amide bonds. The lowest BCUT2D eigenvalue weighted by Crippen LogP contribution is -2.36. The van der Waals surface area contributed by atoms with Crippen LogP contribution in [0, 0.1) is 0 Å². The van der Waals surface area contributed by atoms with E-state index in [2.05, 4.69) is 27.9 Å². The Balaban J connectivity index is 1.90. The number of amides is 1. The van der Waals surface area contributed by atoms with E-state index in [-0.39, 0.29) is 5.91 Å². The normalized spacial score (nSPS) is 16.5. The predicted molar refractivity (Wildman–Crippen MR) is 92.4 cm³/mol. The standard InChI is InChI=1S/C17H28N4O/c1-18-11-5-8-17(22)20-16-7-4-3-6-15(16)19-14-9-12-21(2)13-10-14/h3-4,6-7,14,18-19H,5,8-13H2,1-2H3,(H,20,22). The molecule has 1 aromatic rings. The molecule has 1 aliphatic heterocycles. The Morgan fingerprint density at radius 3 is 2.59 bits per heavy atom. The fourth-order valence-corrected chi connectivity index (χ4v) is 2.73. The summed E-state index contributed by atoms with van der Waals surface area (Å²) in [7, 11) is 4.06. The second-order valence-corrected chi connectivity index (χ2v) is 6.02. The van der Waals surface area contributed by atoms with E-state index < -0.39 is 0 Å². The summed E-state index contributed by atoms with van der Waals surface area (Å²) in [5, 5.41) is 9.68.